The number of benzene rings is 1. The van der Waals surface area contributed by atoms with Crippen molar-refractivity contribution in [3.8, 4) is 0 Å². The van der Waals surface area contributed by atoms with Crippen molar-refractivity contribution in [2.45, 2.75) is 20.4 Å². The zero-order valence-electron chi connectivity index (χ0n) is 13.2. The summed E-state index contributed by atoms with van der Waals surface area (Å²) in [6, 6.07) is 6.75. The van der Waals surface area contributed by atoms with Gasteiger partial charge in [0.05, 0.1) is 6.54 Å². The summed E-state index contributed by atoms with van der Waals surface area (Å²) < 4.78 is 2.11. The fraction of sp³-hybridized carbons (Fsp3) is 0.471. The summed E-state index contributed by atoms with van der Waals surface area (Å²) in [5, 5.41) is 0. The SMILES string of the molecule is Cc1ccc(N2CCN(Cc3nccn3C)CC2)c(C)c1. The van der Waals surface area contributed by atoms with Gasteiger partial charge < -0.3 is 9.47 Å². The molecule has 1 saturated heterocycles. The maximum atomic E-state index is 4.42. The van der Waals surface area contributed by atoms with Gasteiger partial charge in [-0.1, -0.05) is 17.7 Å². The summed E-state index contributed by atoms with van der Waals surface area (Å²) in [7, 11) is 2.06. The maximum Gasteiger partial charge on any atom is 0.122 e. The molecule has 0 bridgehead atoms. The van der Waals surface area contributed by atoms with Crippen LogP contribution in [0.3, 0.4) is 0 Å². The molecule has 21 heavy (non-hydrogen) atoms. The van der Waals surface area contributed by atoms with Crippen molar-refractivity contribution >= 4 is 5.69 Å². The van der Waals surface area contributed by atoms with Crippen LogP contribution in [0.4, 0.5) is 5.69 Å². The average molecular weight is 284 g/mol. The van der Waals surface area contributed by atoms with Crippen molar-refractivity contribution in [1.82, 2.24) is 14.5 Å². The lowest BCUT2D eigenvalue weighted by Crippen LogP contribution is -2.46. The van der Waals surface area contributed by atoms with Gasteiger partial charge in [-0.05, 0) is 25.5 Å². The van der Waals surface area contributed by atoms with Crippen LogP contribution in [-0.4, -0.2) is 40.6 Å². The van der Waals surface area contributed by atoms with Gasteiger partial charge in [0, 0.05) is 51.3 Å². The summed E-state index contributed by atoms with van der Waals surface area (Å²) in [6.07, 6.45) is 3.89. The Labute approximate surface area is 127 Å². The molecule has 1 aliphatic heterocycles. The van der Waals surface area contributed by atoms with E-state index in [9.17, 15) is 0 Å². The Morgan fingerprint density at radius 1 is 1.10 bits per heavy atom. The van der Waals surface area contributed by atoms with Gasteiger partial charge in [0.15, 0.2) is 0 Å². The highest BCUT2D eigenvalue weighted by Crippen LogP contribution is 2.22. The number of hydrogen-bond donors (Lipinski definition) is 0. The normalized spacial score (nSPS) is 16.4. The van der Waals surface area contributed by atoms with E-state index in [0.29, 0.717) is 0 Å². The van der Waals surface area contributed by atoms with Crippen LogP contribution in [0.5, 0.6) is 0 Å². The number of anilines is 1. The molecule has 4 heteroatoms. The van der Waals surface area contributed by atoms with E-state index in [4.69, 9.17) is 0 Å². The predicted octanol–water partition coefficient (Wildman–Crippen LogP) is 2.36. The number of rotatable bonds is 3. The first-order valence-corrected chi connectivity index (χ1v) is 7.64. The Hall–Kier alpha value is -1.81. The first kappa shape index (κ1) is 14.1. The summed E-state index contributed by atoms with van der Waals surface area (Å²) in [6.45, 7) is 9.69. The first-order chi connectivity index (χ1) is 10.1. The zero-order valence-corrected chi connectivity index (χ0v) is 13.2. The summed E-state index contributed by atoms with van der Waals surface area (Å²) in [5.74, 6) is 1.15. The highest BCUT2D eigenvalue weighted by Gasteiger charge is 2.19. The van der Waals surface area contributed by atoms with Gasteiger partial charge in [-0.2, -0.15) is 0 Å². The molecule has 112 valence electrons. The lowest BCUT2D eigenvalue weighted by molar-refractivity contribution is 0.242. The van der Waals surface area contributed by atoms with E-state index in [1.54, 1.807) is 0 Å². The number of hydrogen-bond acceptors (Lipinski definition) is 3. The summed E-state index contributed by atoms with van der Waals surface area (Å²) >= 11 is 0. The number of imidazole rings is 1. The van der Waals surface area contributed by atoms with Crippen LogP contribution in [0, 0.1) is 13.8 Å². The highest BCUT2D eigenvalue weighted by atomic mass is 15.3. The minimum atomic E-state index is 0.949. The molecule has 4 nitrogen and oxygen atoms in total. The van der Waals surface area contributed by atoms with Gasteiger partial charge in [-0.3, -0.25) is 4.90 Å². The van der Waals surface area contributed by atoms with E-state index >= 15 is 0 Å². The second-order valence-corrected chi connectivity index (χ2v) is 6.01. The largest absolute Gasteiger partial charge is 0.369 e. The maximum absolute atomic E-state index is 4.42. The van der Waals surface area contributed by atoms with Crippen molar-refractivity contribution in [2.75, 3.05) is 31.1 Å². The Kier molecular flexibility index (Phi) is 3.97. The lowest BCUT2D eigenvalue weighted by Gasteiger charge is -2.36. The molecule has 1 aromatic heterocycles. The Morgan fingerprint density at radius 2 is 1.86 bits per heavy atom. The fourth-order valence-corrected chi connectivity index (χ4v) is 3.06. The first-order valence-electron chi connectivity index (χ1n) is 7.64. The molecule has 1 aromatic carbocycles. The topological polar surface area (TPSA) is 24.3 Å². The minimum absolute atomic E-state index is 0.949. The standard InChI is InChI=1S/C17H24N4/c1-14-4-5-16(15(2)12-14)21-10-8-20(9-11-21)13-17-18-6-7-19(17)3/h4-7,12H,8-11,13H2,1-3H3. The molecule has 0 spiro atoms. The van der Waals surface area contributed by atoms with Crippen LogP contribution in [0.25, 0.3) is 0 Å². The lowest BCUT2D eigenvalue weighted by atomic mass is 10.1. The molecule has 1 aliphatic rings. The Morgan fingerprint density at radius 3 is 2.48 bits per heavy atom. The van der Waals surface area contributed by atoms with Crippen LogP contribution in [0.1, 0.15) is 17.0 Å². The molecule has 0 unspecified atom stereocenters. The van der Waals surface area contributed by atoms with E-state index in [-0.39, 0.29) is 0 Å². The third-order valence-corrected chi connectivity index (χ3v) is 4.35. The monoisotopic (exact) mass is 284 g/mol. The van der Waals surface area contributed by atoms with Crippen LogP contribution in [0.2, 0.25) is 0 Å². The smallest absolute Gasteiger partial charge is 0.122 e. The van der Waals surface area contributed by atoms with Crippen molar-refractivity contribution in [1.29, 1.82) is 0 Å². The van der Waals surface area contributed by atoms with Gasteiger partial charge in [0.1, 0.15) is 5.82 Å². The average Bonchev–Trinajstić information content (AvgIpc) is 2.86. The van der Waals surface area contributed by atoms with Crippen LogP contribution in [0.15, 0.2) is 30.6 Å². The molecule has 1 fully saturated rings. The summed E-state index contributed by atoms with van der Waals surface area (Å²) in [5.41, 5.74) is 4.11. The van der Waals surface area contributed by atoms with E-state index in [0.717, 1.165) is 38.5 Å². The van der Waals surface area contributed by atoms with Crippen molar-refractivity contribution in [2.24, 2.45) is 7.05 Å². The third kappa shape index (κ3) is 3.10. The van der Waals surface area contributed by atoms with Crippen molar-refractivity contribution < 1.29 is 0 Å². The van der Waals surface area contributed by atoms with Crippen molar-refractivity contribution in [3.63, 3.8) is 0 Å². The number of aryl methyl sites for hydroxylation is 3. The van der Waals surface area contributed by atoms with Crippen molar-refractivity contribution in [3.05, 3.63) is 47.5 Å². The number of aromatic nitrogens is 2. The van der Waals surface area contributed by atoms with Gasteiger partial charge in [-0.25, -0.2) is 4.98 Å². The van der Waals surface area contributed by atoms with Crippen LogP contribution >= 0.6 is 0 Å². The molecular formula is C17H24N4. The molecule has 0 N–H and O–H groups in total. The number of nitrogens with zero attached hydrogens (tertiary/aromatic N) is 4. The van der Waals surface area contributed by atoms with Crippen LogP contribution < -0.4 is 4.90 Å². The quantitative estimate of drug-likeness (QED) is 0.865. The second-order valence-electron chi connectivity index (χ2n) is 6.01. The highest BCUT2D eigenvalue weighted by molar-refractivity contribution is 5.54. The number of piperazine rings is 1. The molecule has 2 heterocycles. The Bertz CT molecular complexity index is 609. The molecule has 2 aromatic rings. The minimum Gasteiger partial charge on any atom is -0.369 e. The van der Waals surface area contributed by atoms with Gasteiger partial charge in [0.2, 0.25) is 0 Å². The predicted molar refractivity (Wildman–Crippen MR) is 86.6 cm³/mol. The molecule has 0 radical (unpaired) electrons. The van der Waals surface area contributed by atoms with E-state index in [1.807, 2.05) is 12.4 Å². The zero-order chi connectivity index (χ0) is 14.8. The van der Waals surface area contributed by atoms with Gasteiger partial charge in [-0.15, -0.1) is 0 Å². The fourth-order valence-electron chi connectivity index (χ4n) is 3.06. The Balaban J connectivity index is 1.61. The molecule has 0 amide bonds. The third-order valence-electron chi connectivity index (χ3n) is 4.35. The van der Waals surface area contributed by atoms with Gasteiger partial charge >= 0.3 is 0 Å². The van der Waals surface area contributed by atoms with E-state index < -0.39 is 0 Å². The molecule has 0 saturated carbocycles. The molecule has 3 rings (SSSR count). The summed E-state index contributed by atoms with van der Waals surface area (Å²) in [4.78, 5) is 9.41. The van der Waals surface area contributed by atoms with E-state index in [2.05, 4.69) is 58.4 Å². The molecule has 0 atom stereocenters. The van der Waals surface area contributed by atoms with Gasteiger partial charge in [0.25, 0.3) is 0 Å². The van der Waals surface area contributed by atoms with E-state index in [1.165, 1.54) is 16.8 Å². The molecular weight excluding hydrogens is 260 g/mol. The second kappa shape index (κ2) is 5.90. The van der Waals surface area contributed by atoms with Crippen LogP contribution in [-0.2, 0) is 13.6 Å². The molecule has 0 aliphatic carbocycles.